The van der Waals surface area contributed by atoms with Crippen molar-refractivity contribution in [3.05, 3.63) is 0 Å². The van der Waals surface area contributed by atoms with Gasteiger partial charge in [0.1, 0.15) is 5.84 Å². The second kappa shape index (κ2) is 4.28. The number of aliphatic imine (C=N–C) groups is 1. The Labute approximate surface area is 80.6 Å². The number of nitrogens with one attached hydrogen (secondary N) is 1. The number of alkyl halides is 1. The van der Waals surface area contributed by atoms with Crippen LogP contribution in [0.5, 0.6) is 0 Å². The summed E-state index contributed by atoms with van der Waals surface area (Å²) in [5.41, 5.74) is 5.61. The first-order valence-electron chi connectivity index (χ1n) is 4.39. The molecule has 1 heterocycles. The molecule has 6 heteroatoms. The van der Waals surface area contributed by atoms with Crippen molar-refractivity contribution in [2.75, 3.05) is 0 Å². The number of carbonyl (C=O) groups is 2. The van der Waals surface area contributed by atoms with Gasteiger partial charge < -0.3 is 11.1 Å². The van der Waals surface area contributed by atoms with Gasteiger partial charge in [-0.05, 0) is 6.42 Å². The molecule has 3 N–H and O–H groups in total. The molecule has 0 aliphatic carbocycles. The maximum Gasteiger partial charge on any atom is 0.291 e. The van der Waals surface area contributed by atoms with Gasteiger partial charge in [-0.3, -0.25) is 9.59 Å². The van der Waals surface area contributed by atoms with E-state index in [1.54, 1.807) is 0 Å². The molecule has 0 saturated carbocycles. The van der Waals surface area contributed by atoms with E-state index in [0.29, 0.717) is 6.42 Å². The van der Waals surface area contributed by atoms with Crippen LogP contribution in [-0.2, 0) is 9.59 Å². The number of nitrogens with zero attached hydrogens (tertiary/aromatic N) is 1. The molecule has 0 aromatic heterocycles. The summed E-state index contributed by atoms with van der Waals surface area (Å²) in [5, 5.41) is 2.17. The number of amidine groups is 1. The Morgan fingerprint density at radius 3 is 2.79 bits per heavy atom. The molecule has 0 saturated heterocycles. The zero-order chi connectivity index (χ0) is 10.7. The summed E-state index contributed by atoms with van der Waals surface area (Å²) in [4.78, 5) is 25.1. The standard InChI is InChI=1S/C8H12FN3O2/c1-2-3-4(10)6-11-7(13)5(9)8(14)12-6/h4-5H,2-3,10H2,1H3,(H,11,12,13,14). The van der Waals surface area contributed by atoms with Gasteiger partial charge in [0, 0.05) is 0 Å². The summed E-state index contributed by atoms with van der Waals surface area (Å²) in [7, 11) is 0. The Morgan fingerprint density at radius 1 is 1.64 bits per heavy atom. The topological polar surface area (TPSA) is 84.5 Å². The first kappa shape index (κ1) is 10.8. The molecule has 1 rings (SSSR count). The number of hydrogen-bond donors (Lipinski definition) is 2. The maximum atomic E-state index is 12.7. The van der Waals surface area contributed by atoms with E-state index in [-0.39, 0.29) is 5.84 Å². The Morgan fingerprint density at radius 2 is 2.29 bits per heavy atom. The highest BCUT2D eigenvalue weighted by Gasteiger charge is 2.32. The van der Waals surface area contributed by atoms with Gasteiger partial charge in [-0.15, -0.1) is 0 Å². The zero-order valence-electron chi connectivity index (χ0n) is 7.79. The third kappa shape index (κ3) is 2.14. The van der Waals surface area contributed by atoms with Crippen LogP contribution in [-0.4, -0.2) is 29.9 Å². The maximum absolute atomic E-state index is 12.7. The van der Waals surface area contributed by atoms with E-state index in [1.807, 2.05) is 6.92 Å². The summed E-state index contributed by atoms with van der Waals surface area (Å²) >= 11 is 0. The molecular weight excluding hydrogens is 189 g/mol. The van der Waals surface area contributed by atoms with Crippen LogP contribution in [0.15, 0.2) is 4.99 Å². The second-order valence-corrected chi connectivity index (χ2v) is 3.08. The van der Waals surface area contributed by atoms with Gasteiger partial charge in [-0.1, -0.05) is 13.3 Å². The third-order valence-electron chi connectivity index (χ3n) is 1.88. The van der Waals surface area contributed by atoms with E-state index in [4.69, 9.17) is 5.73 Å². The minimum Gasteiger partial charge on any atom is -0.321 e. The highest BCUT2D eigenvalue weighted by atomic mass is 19.1. The van der Waals surface area contributed by atoms with E-state index in [9.17, 15) is 14.0 Å². The van der Waals surface area contributed by atoms with Crippen LogP contribution in [0.4, 0.5) is 4.39 Å². The molecule has 0 bridgehead atoms. The van der Waals surface area contributed by atoms with Gasteiger partial charge >= 0.3 is 0 Å². The molecule has 2 atom stereocenters. The quantitative estimate of drug-likeness (QED) is 0.604. The number of rotatable bonds is 3. The molecular formula is C8H12FN3O2. The lowest BCUT2D eigenvalue weighted by Crippen LogP contribution is -2.52. The number of carbonyl (C=O) groups excluding carboxylic acids is 2. The predicted molar refractivity (Wildman–Crippen MR) is 48.4 cm³/mol. The second-order valence-electron chi connectivity index (χ2n) is 3.08. The first-order valence-corrected chi connectivity index (χ1v) is 4.39. The number of hydrogen-bond acceptors (Lipinski definition) is 3. The molecule has 14 heavy (non-hydrogen) atoms. The van der Waals surface area contributed by atoms with Crippen molar-refractivity contribution in [2.24, 2.45) is 10.7 Å². The van der Waals surface area contributed by atoms with E-state index >= 15 is 0 Å². The van der Waals surface area contributed by atoms with Gasteiger partial charge in [0.25, 0.3) is 18.0 Å². The van der Waals surface area contributed by atoms with Crippen molar-refractivity contribution in [1.29, 1.82) is 0 Å². The van der Waals surface area contributed by atoms with Crippen molar-refractivity contribution in [3.8, 4) is 0 Å². The van der Waals surface area contributed by atoms with Gasteiger partial charge in [0.05, 0.1) is 6.04 Å². The van der Waals surface area contributed by atoms with Crippen molar-refractivity contribution in [2.45, 2.75) is 32.0 Å². The average Bonchev–Trinajstić information content (AvgIpc) is 2.13. The molecule has 0 spiro atoms. The fraction of sp³-hybridized carbons (Fsp3) is 0.625. The van der Waals surface area contributed by atoms with Gasteiger partial charge in [0.15, 0.2) is 0 Å². The van der Waals surface area contributed by atoms with Crippen molar-refractivity contribution in [1.82, 2.24) is 5.32 Å². The van der Waals surface area contributed by atoms with Crippen LogP contribution >= 0.6 is 0 Å². The zero-order valence-corrected chi connectivity index (χ0v) is 7.79. The molecule has 2 amide bonds. The Balaban J connectivity index is 2.76. The first-order chi connectivity index (χ1) is 6.56. The lowest BCUT2D eigenvalue weighted by Gasteiger charge is -2.19. The lowest BCUT2D eigenvalue weighted by atomic mass is 10.1. The molecule has 0 radical (unpaired) electrons. The van der Waals surface area contributed by atoms with Crippen LogP contribution in [0, 0.1) is 0 Å². The van der Waals surface area contributed by atoms with E-state index in [2.05, 4.69) is 10.3 Å². The summed E-state index contributed by atoms with van der Waals surface area (Å²) in [5.74, 6) is -1.99. The Hall–Kier alpha value is -1.30. The van der Waals surface area contributed by atoms with Crippen LogP contribution in [0.25, 0.3) is 0 Å². The fourth-order valence-corrected chi connectivity index (χ4v) is 1.13. The van der Waals surface area contributed by atoms with Crippen LogP contribution in [0.1, 0.15) is 19.8 Å². The third-order valence-corrected chi connectivity index (χ3v) is 1.88. The SMILES string of the molecule is CCCC(N)C1=NC(=O)C(F)C(=O)N1. The molecule has 0 aromatic rings. The molecule has 0 fully saturated rings. The van der Waals surface area contributed by atoms with Crippen LogP contribution < -0.4 is 11.1 Å². The molecule has 78 valence electrons. The predicted octanol–water partition coefficient (Wildman–Crippen LogP) is -0.493. The van der Waals surface area contributed by atoms with E-state index < -0.39 is 24.0 Å². The summed E-state index contributed by atoms with van der Waals surface area (Å²) in [6, 6.07) is -0.514. The lowest BCUT2D eigenvalue weighted by molar-refractivity contribution is -0.134. The minimum atomic E-state index is -2.19. The van der Waals surface area contributed by atoms with Crippen molar-refractivity contribution >= 4 is 17.6 Å². The van der Waals surface area contributed by atoms with E-state index in [0.717, 1.165) is 6.42 Å². The number of amides is 2. The van der Waals surface area contributed by atoms with Crippen LogP contribution in [0.2, 0.25) is 0 Å². The van der Waals surface area contributed by atoms with E-state index in [1.165, 1.54) is 0 Å². The number of halogens is 1. The highest BCUT2D eigenvalue weighted by Crippen LogP contribution is 2.04. The minimum absolute atomic E-state index is 0.0655. The summed E-state index contributed by atoms with van der Waals surface area (Å²) < 4.78 is 12.7. The molecule has 1 aliphatic rings. The molecule has 5 nitrogen and oxygen atoms in total. The summed E-state index contributed by atoms with van der Waals surface area (Å²) in [6.45, 7) is 1.91. The molecule has 0 aromatic carbocycles. The smallest absolute Gasteiger partial charge is 0.291 e. The monoisotopic (exact) mass is 201 g/mol. The van der Waals surface area contributed by atoms with Crippen molar-refractivity contribution in [3.63, 3.8) is 0 Å². The normalized spacial score (nSPS) is 24.2. The van der Waals surface area contributed by atoms with Gasteiger partial charge in [0.2, 0.25) is 0 Å². The average molecular weight is 201 g/mol. The van der Waals surface area contributed by atoms with Gasteiger partial charge in [-0.25, -0.2) is 4.39 Å². The highest BCUT2D eigenvalue weighted by molar-refractivity contribution is 6.18. The van der Waals surface area contributed by atoms with Crippen LogP contribution in [0.3, 0.4) is 0 Å². The Kier molecular flexibility index (Phi) is 3.29. The summed E-state index contributed by atoms with van der Waals surface area (Å²) in [6.07, 6.45) is -0.806. The number of nitrogens with two attached hydrogens (primary N) is 1. The van der Waals surface area contributed by atoms with Crippen molar-refractivity contribution < 1.29 is 14.0 Å². The molecule has 2 unspecified atom stereocenters. The van der Waals surface area contributed by atoms with Gasteiger partial charge in [-0.2, -0.15) is 4.99 Å². The fourth-order valence-electron chi connectivity index (χ4n) is 1.13. The Bertz CT molecular complexity index is 290. The largest absolute Gasteiger partial charge is 0.321 e. The molecule has 1 aliphatic heterocycles.